The van der Waals surface area contributed by atoms with Crippen LogP contribution in [0.3, 0.4) is 0 Å². The molecule has 0 saturated heterocycles. The van der Waals surface area contributed by atoms with Gasteiger partial charge in [0.15, 0.2) is 0 Å². The molecule has 1 aromatic carbocycles. The Morgan fingerprint density at radius 2 is 2.00 bits per heavy atom. The predicted molar refractivity (Wildman–Crippen MR) is 51.4 cm³/mol. The van der Waals surface area contributed by atoms with E-state index in [1.165, 1.54) is 5.56 Å². The molecule has 1 aromatic rings. The van der Waals surface area contributed by atoms with Crippen LogP contribution in [0.2, 0.25) is 0 Å². The van der Waals surface area contributed by atoms with E-state index in [9.17, 15) is 4.79 Å². The lowest BCUT2D eigenvalue weighted by Crippen LogP contribution is -2.77. The van der Waals surface area contributed by atoms with Crippen LogP contribution in [0.5, 0.6) is 0 Å². The van der Waals surface area contributed by atoms with E-state index in [1.54, 1.807) is 7.05 Å². The summed E-state index contributed by atoms with van der Waals surface area (Å²) in [7, 11) is 3.66. The minimum Gasteiger partial charge on any atom is -0.355 e. The molecule has 0 aromatic heterocycles. The first-order chi connectivity index (χ1) is 6.27. The second kappa shape index (κ2) is 4.62. The standard InChI is InChI=1S/C10H14N2O/c1-11-7-8-3-5-9(6-4-8)10(13)12-2/h3-6,11H,7H2,1-2H3,(H,12,13)/p+1. The van der Waals surface area contributed by atoms with Crippen molar-refractivity contribution in [3.05, 3.63) is 35.4 Å². The van der Waals surface area contributed by atoms with E-state index in [2.05, 4.69) is 10.6 Å². The van der Waals surface area contributed by atoms with Crippen molar-refractivity contribution >= 4 is 5.91 Å². The number of hydrogen-bond acceptors (Lipinski definition) is 1. The van der Waals surface area contributed by atoms with Gasteiger partial charge in [-0.25, -0.2) is 0 Å². The first-order valence-electron chi connectivity index (χ1n) is 4.36. The van der Waals surface area contributed by atoms with Crippen LogP contribution < -0.4 is 10.6 Å². The molecule has 0 radical (unpaired) electrons. The molecule has 0 heterocycles. The summed E-state index contributed by atoms with van der Waals surface area (Å²) in [5, 5.41) is 4.68. The summed E-state index contributed by atoms with van der Waals surface area (Å²) in [4.78, 5) is 11.2. The fraction of sp³-hybridized carbons (Fsp3) is 0.300. The van der Waals surface area contributed by atoms with Gasteiger partial charge in [0.2, 0.25) is 0 Å². The van der Waals surface area contributed by atoms with Gasteiger partial charge in [-0.3, -0.25) is 4.79 Å². The molecule has 0 atom stereocenters. The largest absolute Gasteiger partial charge is 0.355 e. The zero-order chi connectivity index (χ0) is 9.68. The fourth-order valence-corrected chi connectivity index (χ4v) is 1.17. The number of carbonyl (C=O) groups excluding carboxylic acids is 1. The Labute approximate surface area is 78.2 Å². The molecule has 3 nitrogen and oxygen atoms in total. The first kappa shape index (κ1) is 9.74. The van der Waals surface area contributed by atoms with Gasteiger partial charge in [-0.2, -0.15) is 0 Å². The lowest BCUT2D eigenvalue weighted by molar-refractivity contribution is -0.643. The lowest BCUT2D eigenvalue weighted by atomic mass is 10.1. The van der Waals surface area contributed by atoms with Crippen LogP contribution in [0, 0.1) is 0 Å². The van der Waals surface area contributed by atoms with Crippen LogP contribution in [-0.2, 0) is 6.54 Å². The number of amides is 1. The minimum atomic E-state index is -0.0352. The molecule has 3 N–H and O–H groups in total. The summed E-state index contributed by atoms with van der Waals surface area (Å²) in [6.07, 6.45) is 0. The number of rotatable bonds is 3. The van der Waals surface area contributed by atoms with E-state index in [0.29, 0.717) is 5.56 Å². The third-order valence-electron chi connectivity index (χ3n) is 1.88. The maximum atomic E-state index is 11.2. The van der Waals surface area contributed by atoms with Crippen molar-refractivity contribution in [3.8, 4) is 0 Å². The summed E-state index contributed by atoms with van der Waals surface area (Å²) < 4.78 is 0. The topological polar surface area (TPSA) is 45.7 Å². The highest BCUT2D eigenvalue weighted by molar-refractivity contribution is 5.93. The monoisotopic (exact) mass is 179 g/mol. The molecule has 3 heteroatoms. The zero-order valence-corrected chi connectivity index (χ0v) is 8.00. The quantitative estimate of drug-likeness (QED) is 0.659. The van der Waals surface area contributed by atoms with Gasteiger partial charge in [0, 0.05) is 18.2 Å². The zero-order valence-electron chi connectivity index (χ0n) is 8.00. The summed E-state index contributed by atoms with van der Waals surface area (Å²) >= 11 is 0. The van der Waals surface area contributed by atoms with E-state index < -0.39 is 0 Å². The number of quaternary nitrogens is 1. The molecule has 13 heavy (non-hydrogen) atoms. The maximum Gasteiger partial charge on any atom is 0.251 e. The van der Waals surface area contributed by atoms with Gasteiger partial charge in [0.25, 0.3) is 5.91 Å². The first-order valence-corrected chi connectivity index (χ1v) is 4.36. The van der Waals surface area contributed by atoms with Crippen LogP contribution in [0.15, 0.2) is 24.3 Å². The minimum absolute atomic E-state index is 0.0352. The molecule has 70 valence electrons. The van der Waals surface area contributed by atoms with Crippen molar-refractivity contribution < 1.29 is 10.1 Å². The molecule has 0 unspecified atom stereocenters. The van der Waals surface area contributed by atoms with Crippen molar-refractivity contribution in [1.29, 1.82) is 0 Å². The normalized spacial score (nSPS) is 9.69. The molecule has 0 fully saturated rings. The molecule has 1 rings (SSSR count). The molecular formula is C10H15N2O+. The van der Waals surface area contributed by atoms with Crippen LogP contribution in [0.25, 0.3) is 0 Å². The van der Waals surface area contributed by atoms with E-state index in [1.807, 2.05) is 31.3 Å². The van der Waals surface area contributed by atoms with Crippen molar-refractivity contribution in [2.24, 2.45) is 0 Å². The summed E-state index contributed by atoms with van der Waals surface area (Å²) in [6, 6.07) is 7.64. The smallest absolute Gasteiger partial charge is 0.251 e. The maximum absolute atomic E-state index is 11.2. The Bertz CT molecular complexity index is 279. The SMILES string of the molecule is CNC(=O)c1ccc(C[NH2+]C)cc1. The van der Waals surface area contributed by atoms with Gasteiger partial charge < -0.3 is 10.6 Å². The van der Waals surface area contributed by atoms with Gasteiger partial charge in [-0.05, 0) is 12.1 Å². The van der Waals surface area contributed by atoms with Crippen LogP contribution in [0.4, 0.5) is 0 Å². The highest BCUT2D eigenvalue weighted by atomic mass is 16.1. The third kappa shape index (κ3) is 2.56. The molecule has 1 amide bonds. The molecule has 0 bridgehead atoms. The number of hydrogen-bond donors (Lipinski definition) is 2. The second-order valence-corrected chi connectivity index (χ2v) is 2.89. The van der Waals surface area contributed by atoms with Crippen LogP contribution in [-0.4, -0.2) is 20.0 Å². The van der Waals surface area contributed by atoms with Gasteiger partial charge in [0.1, 0.15) is 6.54 Å². The summed E-state index contributed by atoms with van der Waals surface area (Å²) in [6.45, 7) is 0.952. The van der Waals surface area contributed by atoms with Crippen molar-refractivity contribution in [2.45, 2.75) is 6.54 Å². The highest BCUT2D eigenvalue weighted by Crippen LogP contribution is 2.02. The Hall–Kier alpha value is -1.35. The van der Waals surface area contributed by atoms with Crippen LogP contribution >= 0.6 is 0 Å². The Morgan fingerprint density at radius 3 is 2.46 bits per heavy atom. The van der Waals surface area contributed by atoms with E-state index in [4.69, 9.17) is 0 Å². The van der Waals surface area contributed by atoms with Gasteiger partial charge >= 0.3 is 0 Å². The van der Waals surface area contributed by atoms with Gasteiger partial charge in [-0.1, -0.05) is 12.1 Å². The number of nitrogens with two attached hydrogens (primary N) is 1. The average molecular weight is 179 g/mol. The van der Waals surface area contributed by atoms with Gasteiger partial charge in [-0.15, -0.1) is 0 Å². The number of nitrogens with one attached hydrogen (secondary N) is 1. The van der Waals surface area contributed by atoms with Crippen molar-refractivity contribution in [1.82, 2.24) is 5.32 Å². The summed E-state index contributed by atoms with van der Waals surface area (Å²) in [5.41, 5.74) is 1.94. The third-order valence-corrected chi connectivity index (χ3v) is 1.88. The number of benzene rings is 1. The van der Waals surface area contributed by atoms with E-state index in [0.717, 1.165) is 6.54 Å². The highest BCUT2D eigenvalue weighted by Gasteiger charge is 2.01. The Balaban J connectivity index is 2.75. The van der Waals surface area contributed by atoms with Gasteiger partial charge in [0.05, 0.1) is 7.05 Å². The lowest BCUT2D eigenvalue weighted by Gasteiger charge is -2.00. The summed E-state index contributed by atoms with van der Waals surface area (Å²) in [5.74, 6) is -0.0352. The van der Waals surface area contributed by atoms with Crippen molar-refractivity contribution in [2.75, 3.05) is 14.1 Å². The average Bonchev–Trinajstić information content (AvgIpc) is 2.18. The van der Waals surface area contributed by atoms with E-state index >= 15 is 0 Å². The second-order valence-electron chi connectivity index (χ2n) is 2.89. The molecular weight excluding hydrogens is 164 g/mol. The fourth-order valence-electron chi connectivity index (χ4n) is 1.17. The molecule has 0 aliphatic carbocycles. The van der Waals surface area contributed by atoms with Crippen molar-refractivity contribution in [3.63, 3.8) is 0 Å². The molecule has 0 aliphatic rings. The Kier molecular flexibility index (Phi) is 3.46. The Morgan fingerprint density at radius 1 is 1.38 bits per heavy atom. The molecule has 0 aliphatic heterocycles. The predicted octanol–water partition coefficient (Wildman–Crippen LogP) is -0.261. The molecule has 0 saturated carbocycles. The number of carbonyl (C=O) groups is 1. The van der Waals surface area contributed by atoms with E-state index in [-0.39, 0.29) is 5.91 Å². The molecule has 0 spiro atoms. The van der Waals surface area contributed by atoms with Crippen LogP contribution in [0.1, 0.15) is 15.9 Å².